The number of para-hydroxylation sites is 1. The van der Waals surface area contributed by atoms with Gasteiger partial charge in [0.25, 0.3) is 5.91 Å². The van der Waals surface area contributed by atoms with Crippen molar-refractivity contribution in [3.63, 3.8) is 0 Å². The number of halogens is 2. The number of ether oxygens (including phenoxy) is 2. The third-order valence-electron chi connectivity index (χ3n) is 4.52. The van der Waals surface area contributed by atoms with Crippen molar-refractivity contribution in [1.29, 1.82) is 5.26 Å². The second-order valence-electron chi connectivity index (χ2n) is 6.77. The van der Waals surface area contributed by atoms with Gasteiger partial charge in [-0.25, -0.2) is 4.79 Å². The Morgan fingerprint density at radius 3 is 2.52 bits per heavy atom. The van der Waals surface area contributed by atoms with Crippen LogP contribution in [0.5, 0.6) is 5.75 Å². The van der Waals surface area contributed by atoms with Crippen molar-refractivity contribution in [2.75, 3.05) is 12.4 Å². The molecule has 0 atom stereocenters. The van der Waals surface area contributed by atoms with Crippen LogP contribution in [0.4, 0.5) is 5.69 Å². The van der Waals surface area contributed by atoms with E-state index in [2.05, 4.69) is 21.2 Å². The third-order valence-corrected chi connectivity index (χ3v) is 5.39. The molecule has 0 saturated carbocycles. The fourth-order valence-electron chi connectivity index (χ4n) is 2.85. The summed E-state index contributed by atoms with van der Waals surface area (Å²) in [6, 6.07) is 20.8. The van der Waals surface area contributed by atoms with Gasteiger partial charge >= 0.3 is 5.97 Å². The maximum Gasteiger partial charge on any atom is 0.339 e. The van der Waals surface area contributed by atoms with Crippen molar-refractivity contribution in [2.45, 2.75) is 6.61 Å². The largest absolute Gasteiger partial charge is 0.488 e. The Hall–Kier alpha value is -3.60. The van der Waals surface area contributed by atoms with E-state index >= 15 is 0 Å². The van der Waals surface area contributed by atoms with E-state index < -0.39 is 11.9 Å². The van der Waals surface area contributed by atoms with Crippen molar-refractivity contribution in [2.24, 2.45) is 0 Å². The van der Waals surface area contributed by atoms with Gasteiger partial charge in [0, 0.05) is 5.02 Å². The topological polar surface area (TPSA) is 88.4 Å². The van der Waals surface area contributed by atoms with Gasteiger partial charge < -0.3 is 14.8 Å². The zero-order chi connectivity index (χ0) is 23.8. The van der Waals surface area contributed by atoms with Crippen LogP contribution in [0.3, 0.4) is 0 Å². The van der Waals surface area contributed by atoms with Gasteiger partial charge in [0.2, 0.25) is 0 Å². The van der Waals surface area contributed by atoms with Crippen LogP contribution in [0.15, 0.2) is 76.8 Å². The highest BCUT2D eigenvalue weighted by molar-refractivity contribution is 9.10. The number of carbonyl (C=O) groups excluding carboxylic acids is 2. The molecule has 0 aromatic heterocycles. The number of methoxy groups -OCH3 is 1. The molecular weight excluding hydrogens is 508 g/mol. The van der Waals surface area contributed by atoms with Gasteiger partial charge in [-0.05, 0) is 69.5 Å². The van der Waals surface area contributed by atoms with Crippen LogP contribution >= 0.6 is 27.5 Å². The number of esters is 1. The summed E-state index contributed by atoms with van der Waals surface area (Å²) >= 11 is 9.35. The molecule has 0 fully saturated rings. The Balaban J connectivity index is 1.74. The van der Waals surface area contributed by atoms with Crippen molar-refractivity contribution >= 4 is 51.2 Å². The van der Waals surface area contributed by atoms with Crippen LogP contribution in [0.1, 0.15) is 21.5 Å². The Kier molecular flexibility index (Phi) is 8.25. The minimum atomic E-state index is -0.645. The zero-order valence-corrected chi connectivity index (χ0v) is 19.8. The average molecular weight is 526 g/mol. The summed E-state index contributed by atoms with van der Waals surface area (Å²) in [4.78, 5) is 24.5. The minimum Gasteiger partial charge on any atom is -0.488 e. The number of carbonyl (C=O) groups is 2. The van der Waals surface area contributed by atoms with Gasteiger partial charge in [0.15, 0.2) is 0 Å². The number of rotatable bonds is 7. The molecule has 0 saturated heterocycles. The number of hydrogen-bond acceptors (Lipinski definition) is 5. The molecule has 1 N–H and O–H groups in total. The molecule has 166 valence electrons. The summed E-state index contributed by atoms with van der Waals surface area (Å²) in [6.45, 7) is 0.358. The molecule has 0 bridgehead atoms. The summed E-state index contributed by atoms with van der Waals surface area (Å²) in [5, 5.41) is 12.7. The molecule has 0 aliphatic heterocycles. The number of amides is 1. The normalized spacial score (nSPS) is 10.8. The molecule has 3 rings (SSSR count). The second-order valence-corrected chi connectivity index (χ2v) is 8.06. The predicted octanol–water partition coefficient (Wildman–Crippen LogP) is 6.01. The first-order valence-corrected chi connectivity index (χ1v) is 10.9. The molecule has 6 nitrogen and oxygen atoms in total. The highest BCUT2D eigenvalue weighted by atomic mass is 79.9. The highest BCUT2D eigenvalue weighted by Gasteiger charge is 2.16. The van der Waals surface area contributed by atoms with E-state index in [0.717, 1.165) is 5.56 Å². The Morgan fingerprint density at radius 1 is 1.12 bits per heavy atom. The Bertz CT molecular complexity index is 1250. The number of benzene rings is 3. The average Bonchev–Trinajstić information content (AvgIpc) is 2.82. The van der Waals surface area contributed by atoms with Crippen LogP contribution in [0, 0.1) is 11.3 Å². The van der Waals surface area contributed by atoms with Gasteiger partial charge in [-0.2, -0.15) is 5.26 Å². The van der Waals surface area contributed by atoms with Crippen LogP contribution in [0.2, 0.25) is 5.02 Å². The van der Waals surface area contributed by atoms with Crippen molar-refractivity contribution < 1.29 is 19.1 Å². The molecule has 8 heteroatoms. The third kappa shape index (κ3) is 6.45. The molecule has 0 aliphatic carbocycles. The van der Waals surface area contributed by atoms with Crippen molar-refractivity contribution in [3.05, 3.63) is 98.5 Å². The lowest BCUT2D eigenvalue weighted by Gasteiger charge is -2.10. The van der Waals surface area contributed by atoms with Crippen LogP contribution < -0.4 is 10.1 Å². The van der Waals surface area contributed by atoms with E-state index in [1.165, 1.54) is 19.3 Å². The van der Waals surface area contributed by atoms with E-state index in [4.69, 9.17) is 21.1 Å². The first kappa shape index (κ1) is 24.1. The van der Waals surface area contributed by atoms with Gasteiger partial charge in [0.1, 0.15) is 24.0 Å². The van der Waals surface area contributed by atoms with Gasteiger partial charge in [-0.3, -0.25) is 4.79 Å². The summed E-state index contributed by atoms with van der Waals surface area (Å²) in [7, 11) is 1.25. The first-order valence-electron chi connectivity index (χ1n) is 9.68. The molecule has 0 radical (unpaired) electrons. The van der Waals surface area contributed by atoms with Gasteiger partial charge in [0.05, 0.1) is 22.8 Å². The molecule has 3 aromatic rings. The maximum atomic E-state index is 12.6. The Labute approximate surface area is 204 Å². The van der Waals surface area contributed by atoms with Crippen LogP contribution in [0.25, 0.3) is 6.08 Å². The lowest BCUT2D eigenvalue weighted by atomic mass is 10.1. The highest BCUT2D eigenvalue weighted by Crippen LogP contribution is 2.28. The molecule has 0 unspecified atom stereocenters. The van der Waals surface area contributed by atoms with Gasteiger partial charge in [-0.1, -0.05) is 41.9 Å². The van der Waals surface area contributed by atoms with E-state index in [9.17, 15) is 14.9 Å². The summed E-state index contributed by atoms with van der Waals surface area (Å²) in [5.41, 5.74) is 1.90. The molecule has 3 aromatic carbocycles. The molecule has 1 amide bonds. The van der Waals surface area contributed by atoms with E-state index in [1.807, 2.05) is 18.2 Å². The van der Waals surface area contributed by atoms with Crippen LogP contribution in [-0.4, -0.2) is 19.0 Å². The number of hydrogen-bond donors (Lipinski definition) is 1. The van der Waals surface area contributed by atoms with Crippen molar-refractivity contribution in [3.8, 4) is 11.8 Å². The van der Waals surface area contributed by atoms with E-state index in [1.54, 1.807) is 48.5 Å². The minimum absolute atomic E-state index is 0.128. The monoisotopic (exact) mass is 524 g/mol. The lowest BCUT2D eigenvalue weighted by molar-refractivity contribution is -0.112. The number of nitrogens with zero attached hydrogens (tertiary/aromatic N) is 1. The summed E-state index contributed by atoms with van der Waals surface area (Å²) in [6.07, 6.45) is 1.45. The molecule has 0 heterocycles. The predicted molar refractivity (Wildman–Crippen MR) is 130 cm³/mol. The number of nitriles is 1. The fraction of sp³-hybridized carbons (Fsp3) is 0.0800. The molecule has 0 aliphatic rings. The quantitative estimate of drug-likeness (QED) is 0.232. The summed E-state index contributed by atoms with van der Waals surface area (Å²) in [5.74, 6) is -0.628. The second kappa shape index (κ2) is 11.3. The smallest absolute Gasteiger partial charge is 0.339 e. The molecular formula is C25H18BrClN2O4. The standard InChI is InChI=1S/C25H18BrClN2O4/c1-32-25(31)20-4-2-3-5-22(20)29-24(30)18(14-28)12-17-8-11-23(21(26)13-17)33-15-16-6-9-19(27)10-7-16/h2-13H,15H2,1H3,(H,29,30)/b18-12-. The fourth-order valence-corrected chi connectivity index (χ4v) is 3.49. The van der Waals surface area contributed by atoms with Crippen LogP contribution in [-0.2, 0) is 16.1 Å². The lowest BCUT2D eigenvalue weighted by Crippen LogP contribution is -2.16. The number of nitrogens with one attached hydrogen (secondary N) is 1. The van der Waals surface area contributed by atoms with Gasteiger partial charge in [-0.15, -0.1) is 0 Å². The van der Waals surface area contributed by atoms with Crippen molar-refractivity contribution in [1.82, 2.24) is 0 Å². The van der Waals surface area contributed by atoms with E-state index in [0.29, 0.717) is 27.4 Å². The molecule has 0 spiro atoms. The Morgan fingerprint density at radius 2 is 1.85 bits per heavy atom. The molecule has 33 heavy (non-hydrogen) atoms. The first-order chi connectivity index (χ1) is 15.9. The summed E-state index contributed by atoms with van der Waals surface area (Å²) < 4.78 is 11.2. The SMILES string of the molecule is COC(=O)c1ccccc1NC(=O)/C(C#N)=C\c1ccc(OCc2ccc(Cl)cc2)c(Br)c1. The van der Waals surface area contributed by atoms with E-state index in [-0.39, 0.29) is 16.8 Å². The zero-order valence-electron chi connectivity index (χ0n) is 17.5. The maximum absolute atomic E-state index is 12.6. The number of anilines is 1.